The second kappa shape index (κ2) is 10.5. The molecule has 0 aromatic carbocycles. The molecule has 1 amide bonds. The van der Waals surface area contributed by atoms with Crippen LogP contribution in [-0.4, -0.2) is 57.5 Å². The molecule has 10 heteroatoms. The van der Waals surface area contributed by atoms with E-state index < -0.39 is 23.1 Å². The van der Waals surface area contributed by atoms with Gasteiger partial charge in [0.25, 0.3) is 5.91 Å². The zero-order valence-electron chi connectivity index (χ0n) is 21.2. The standard InChI is InChI=1S/C26H34Cl2N4O4/c1-16(31-26-8-5-25(6-9-26,7-10-26)23(35)36)17(11-29)22(34)32(15-24(2,3)4)14-20(33)21-18(27)12-30-13-19(21)28/h11-13,29,31H,5-10,14-15H2,1-4H3,(H,35,36)/b17-16+,29-11?. The van der Waals surface area contributed by atoms with Gasteiger partial charge in [-0.2, -0.15) is 0 Å². The van der Waals surface area contributed by atoms with Gasteiger partial charge in [0.1, 0.15) is 0 Å². The highest BCUT2D eigenvalue weighted by Gasteiger charge is 2.52. The van der Waals surface area contributed by atoms with Crippen molar-refractivity contribution in [1.29, 1.82) is 5.41 Å². The van der Waals surface area contributed by atoms with Crippen LogP contribution in [0.2, 0.25) is 10.0 Å². The second-order valence-corrected chi connectivity index (χ2v) is 12.1. The van der Waals surface area contributed by atoms with Crippen molar-refractivity contribution in [1.82, 2.24) is 15.2 Å². The van der Waals surface area contributed by atoms with Crippen molar-refractivity contribution in [3.8, 4) is 0 Å². The van der Waals surface area contributed by atoms with Gasteiger partial charge in [-0.3, -0.25) is 19.4 Å². The van der Waals surface area contributed by atoms with E-state index in [0.717, 1.165) is 6.21 Å². The maximum atomic E-state index is 13.7. The van der Waals surface area contributed by atoms with Crippen molar-refractivity contribution in [3.63, 3.8) is 0 Å². The van der Waals surface area contributed by atoms with Gasteiger partial charge in [-0.1, -0.05) is 44.0 Å². The first-order valence-electron chi connectivity index (χ1n) is 12.1. The fraction of sp³-hybridized carbons (Fsp3) is 0.577. The third-order valence-corrected chi connectivity index (χ3v) is 7.92. The number of Topliss-reactive ketones (excluding diaryl/α,β-unsaturated/α-hetero) is 1. The number of carboxylic acid groups (broad SMARTS) is 1. The summed E-state index contributed by atoms with van der Waals surface area (Å²) in [6.45, 7) is 7.65. The lowest BCUT2D eigenvalue weighted by Crippen LogP contribution is -2.56. The van der Waals surface area contributed by atoms with Crippen molar-refractivity contribution in [3.05, 3.63) is 39.3 Å². The van der Waals surface area contributed by atoms with E-state index in [1.165, 1.54) is 17.3 Å². The minimum absolute atomic E-state index is 0.112. The Balaban J connectivity index is 1.85. The van der Waals surface area contributed by atoms with E-state index in [9.17, 15) is 19.5 Å². The average molecular weight is 537 g/mol. The fourth-order valence-corrected chi connectivity index (χ4v) is 5.94. The lowest BCUT2D eigenvalue weighted by molar-refractivity contribution is -0.156. The van der Waals surface area contributed by atoms with E-state index in [1.807, 2.05) is 20.8 Å². The minimum Gasteiger partial charge on any atom is -0.481 e. The highest BCUT2D eigenvalue weighted by atomic mass is 35.5. The number of amides is 1. The van der Waals surface area contributed by atoms with Crippen molar-refractivity contribution in [2.45, 2.75) is 71.8 Å². The summed E-state index contributed by atoms with van der Waals surface area (Å²) < 4.78 is 0. The van der Waals surface area contributed by atoms with Crippen molar-refractivity contribution in [2.24, 2.45) is 10.8 Å². The first-order chi connectivity index (χ1) is 16.7. The Hall–Kier alpha value is -2.45. The number of carbonyl (C=O) groups is 3. The maximum absolute atomic E-state index is 13.7. The first kappa shape index (κ1) is 28.1. The molecule has 8 nitrogen and oxygen atoms in total. The monoisotopic (exact) mass is 536 g/mol. The van der Waals surface area contributed by atoms with Gasteiger partial charge in [0, 0.05) is 36.4 Å². The van der Waals surface area contributed by atoms with Gasteiger partial charge in [0.05, 0.1) is 33.1 Å². The zero-order valence-corrected chi connectivity index (χ0v) is 22.7. The maximum Gasteiger partial charge on any atom is 0.309 e. The van der Waals surface area contributed by atoms with Crippen LogP contribution in [0.5, 0.6) is 0 Å². The highest BCUT2D eigenvalue weighted by Crippen LogP contribution is 2.52. The lowest BCUT2D eigenvalue weighted by Gasteiger charge is -2.52. The molecule has 0 spiro atoms. The van der Waals surface area contributed by atoms with Crippen LogP contribution >= 0.6 is 23.2 Å². The number of nitrogens with zero attached hydrogens (tertiary/aromatic N) is 2. The number of hydrogen-bond acceptors (Lipinski definition) is 6. The Kier molecular flexibility index (Phi) is 8.20. The van der Waals surface area contributed by atoms with Gasteiger partial charge in [-0.15, -0.1) is 0 Å². The van der Waals surface area contributed by atoms with Gasteiger partial charge >= 0.3 is 5.97 Å². The third kappa shape index (κ3) is 5.92. The summed E-state index contributed by atoms with van der Waals surface area (Å²) in [6.07, 6.45) is 7.54. The number of carboxylic acids is 1. The number of hydrogen-bond donors (Lipinski definition) is 3. The van der Waals surface area contributed by atoms with Crippen LogP contribution < -0.4 is 5.32 Å². The molecule has 3 fully saturated rings. The average Bonchev–Trinajstić information content (AvgIpc) is 2.79. The summed E-state index contributed by atoms with van der Waals surface area (Å²) >= 11 is 12.3. The number of rotatable bonds is 9. The Labute approximate surface area is 221 Å². The molecule has 1 heterocycles. The lowest BCUT2D eigenvalue weighted by atomic mass is 9.57. The number of nitrogens with one attached hydrogen (secondary N) is 2. The normalized spacial score (nSPS) is 24.1. The Morgan fingerprint density at radius 1 is 1.11 bits per heavy atom. The number of carbonyl (C=O) groups excluding carboxylic acids is 2. The molecule has 3 aliphatic rings. The van der Waals surface area contributed by atoms with Crippen LogP contribution in [0.4, 0.5) is 0 Å². The third-order valence-electron chi connectivity index (χ3n) is 7.35. The molecule has 3 aliphatic carbocycles. The summed E-state index contributed by atoms with van der Waals surface area (Å²) in [4.78, 5) is 43.9. The molecule has 2 bridgehead atoms. The summed E-state index contributed by atoms with van der Waals surface area (Å²) in [5.74, 6) is -1.58. The Bertz CT molecular complexity index is 1060. The Morgan fingerprint density at radius 3 is 2.08 bits per heavy atom. The van der Waals surface area contributed by atoms with E-state index in [-0.39, 0.29) is 45.2 Å². The van der Waals surface area contributed by atoms with Crippen LogP contribution in [0.25, 0.3) is 0 Å². The molecule has 196 valence electrons. The molecular weight excluding hydrogens is 503 g/mol. The molecule has 0 atom stereocenters. The second-order valence-electron chi connectivity index (χ2n) is 11.3. The molecule has 0 unspecified atom stereocenters. The van der Waals surface area contributed by atoms with E-state index in [4.69, 9.17) is 28.6 Å². The number of aromatic nitrogens is 1. The smallest absolute Gasteiger partial charge is 0.309 e. The van der Waals surface area contributed by atoms with E-state index in [1.54, 1.807) is 6.92 Å². The van der Waals surface area contributed by atoms with Crippen molar-refractivity contribution < 1.29 is 19.5 Å². The summed E-state index contributed by atoms with van der Waals surface area (Å²) in [5, 5.41) is 21.4. The van der Waals surface area contributed by atoms with Gasteiger partial charge < -0.3 is 20.7 Å². The van der Waals surface area contributed by atoms with Gasteiger partial charge in [0.15, 0.2) is 5.78 Å². The summed E-state index contributed by atoms with van der Waals surface area (Å²) in [6, 6.07) is 0. The first-order valence-corrected chi connectivity index (χ1v) is 12.8. The summed E-state index contributed by atoms with van der Waals surface area (Å²) in [7, 11) is 0. The van der Waals surface area contributed by atoms with E-state index in [0.29, 0.717) is 44.2 Å². The number of pyridine rings is 1. The van der Waals surface area contributed by atoms with Crippen molar-refractivity contribution >= 4 is 47.1 Å². The molecule has 1 aromatic rings. The van der Waals surface area contributed by atoms with Crippen LogP contribution in [0, 0.1) is 16.2 Å². The molecule has 36 heavy (non-hydrogen) atoms. The van der Waals surface area contributed by atoms with Crippen LogP contribution in [-0.2, 0) is 9.59 Å². The van der Waals surface area contributed by atoms with Gasteiger partial charge in [0.2, 0.25) is 0 Å². The molecule has 4 rings (SSSR count). The van der Waals surface area contributed by atoms with Gasteiger partial charge in [-0.25, -0.2) is 0 Å². The zero-order chi connectivity index (χ0) is 26.9. The van der Waals surface area contributed by atoms with Crippen LogP contribution in [0.15, 0.2) is 23.7 Å². The highest BCUT2D eigenvalue weighted by molar-refractivity contribution is 6.39. The fourth-order valence-electron chi connectivity index (χ4n) is 5.36. The molecule has 0 radical (unpaired) electrons. The topological polar surface area (TPSA) is 123 Å². The molecule has 1 aromatic heterocycles. The predicted octanol–water partition coefficient (Wildman–Crippen LogP) is 5.14. The van der Waals surface area contributed by atoms with E-state index in [2.05, 4.69) is 10.3 Å². The van der Waals surface area contributed by atoms with Crippen LogP contribution in [0.1, 0.15) is 76.6 Å². The van der Waals surface area contributed by atoms with E-state index >= 15 is 0 Å². The predicted molar refractivity (Wildman–Crippen MR) is 140 cm³/mol. The SMILES string of the molecule is C/C(NC12CCC(C(=O)O)(CC1)CC2)=C(/C=N)C(=O)N(CC(=O)c1c(Cl)cncc1Cl)CC(C)(C)C. The number of fused-ring (bicyclic) bond motifs is 3. The number of ketones is 1. The molecule has 0 aliphatic heterocycles. The molecule has 3 N–H and O–H groups in total. The minimum atomic E-state index is -0.727. The number of aliphatic carboxylic acids is 1. The quantitative estimate of drug-likeness (QED) is 0.228. The Morgan fingerprint density at radius 2 is 1.64 bits per heavy atom. The molecular formula is C26H34Cl2N4O4. The van der Waals surface area contributed by atoms with Gasteiger partial charge in [-0.05, 0) is 50.9 Å². The summed E-state index contributed by atoms with van der Waals surface area (Å²) in [5.41, 5.74) is -0.429. The largest absolute Gasteiger partial charge is 0.481 e. The number of halogens is 2. The number of allylic oxidation sites excluding steroid dienone is 1. The molecule has 0 saturated heterocycles. The van der Waals surface area contributed by atoms with Crippen LogP contribution in [0.3, 0.4) is 0 Å². The van der Waals surface area contributed by atoms with Crippen molar-refractivity contribution in [2.75, 3.05) is 13.1 Å². The molecule has 3 saturated carbocycles.